The summed E-state index contributed by atoms with van der Waals surface area (Å²) in [6, 6.07) is 0. The number of carbonyl (C=O) groups excluding carboxylic acids is 1. The zero-order valence-electron chi connectivity index (χ0n) is 25.4. The van der Waals surface area contributed by atoms with Gasteiger partial charge in [-0.25, -0.2) is 0 Å². The Labute approximate surface area is 251 Å². The molecule has 2 heterocycles. The van der Waals surface area contributed by atoms with Gasteiger partial charge in [0.25, 0.3) is 0 Å². The number of hydrogen-bond donors (Lipinski definition) is 2. The first-order chi connectivity index (χ1) is 17.1. The summed E-state index contributed by atoms with van der Waals surface area (Å²) < 4.78 is 5.82. The average molecular weight is 748 g/mol. The quantitative estimate of drug-likeness (QED) is 0.316. The Kier molecular flexibility index (Phi) is 9.40. The number of allylic oxidation sites excluding steroid dienone is 10. The molecule has 5 heteroatoms. The van der Waals surface area contributed by atoms with E-state index in [0.717, 1.165) is 11.1 Å². The fourth-order valence-corrected chi connectivity index (χ4v) is 11.6. The first-order valence-corrected chi connectivity index (χ1v) is 18.3. The van der Waals surface area contributed by atoms with Gasteiger partial charge < -0.3 is 0 Å². The number of ketones is 1. The van der Waals surface area contributed by atoms with Crippen molar-refractivity contribution in [1.29, 1.82) is 0 Å². The molecule has 210 valence electrons. The summed E-state index contributed by atoms with van der Waals surface area (Å²) in [5.74, 6) is -1.62. The Balaban J connectivity index is 2.03. The van der Waals surface area contributed by atoms with Crippen molar-refractivity contribution in [2.45, 2.75) is 95.3 Å². The summed E-state index contributed by atoms with van der Waals surface area (Å²) in [5, 5.41) is 22.4. The second-order valence-electron chi connectivity index (χ2n) is 15.0. The van der Waals surface area contributed by atoms with Crippen molar-refractivity contribution in [2.24, 2.45) is 33.5 Å². The van der Waals surface area contributed by atoms with Gasteiger partial charge in [-0.3, -0.25) is 0 Å². The van der Waals surface area contributed by atoms with E-state index in [-0.39, 0.29) is 27.4 Å². The zero-order valence-corrected chi connectivity index (χ0v) is 30.1. The van der Waals surface area contributed by atoms with E-state index < -0.39 is 65.9 Å². The molecule has 0 bridgehead atoms. The van der Waals surface area contributed by atoms with Crippen LogP contribution in [0, 0.1) is 33.5 Å². The van der Waals surface area contributed by atoms with Crippen molar-refractivity contribution in [2.75, 3.05) is 0 Å². The molecule has 1 fully saturated rings. The van der Waals surface area contributed by atoms with Gasteiger partial charge in [-0.2, -0.15) is 0 Å². The minimum atomic E-state index is -1.20. The van der Waals surface area contributed by atoms with Crippen LogP contribution >= 0.6 is 0 Å². The zero-order chi connectivity index (χ0) is 29.0. The molecule has 3 nitrogen and oxygen atoms in total. The second kappa shape index (κ2) is 11.1. The monoisotopic (exact) mass is 752 g/mol. The van der Waals surface area contributed by atoms with Crippen LogP contribution in [0.25, 0.3) is 0 Å². The van der Waals surface area contributed by atoms with Gasteiger partial charge in [0.15, 0.2) is 0 Å². The number of aliphatic hydroxyl groups is 2. The molecule has 0 spiro atoms. The molecule has 1 aliphatic carbocycles. The molecule has 0 aromatic heterocycles. The molecule has 0 aromatic carbocycles. The molecule has 0 radical (unpaired) electrons. The first kappa shape index (κ1) is 32.1. The average Bonchev–Trinajstić information content (AvgIpc) is 2.94. The molecule has 3 aliphatic rings. The molecule has 0 saturated heterocycles. The topological polar surface area (TPSA) is 57.5 Å². The van der Waals surface area contributed by atoms with Gasteiger partial charge >= 0.3 is 254 Å². The normalized spacial score (nSPS) is 27.6. The molecule has 0 amide bonds. The van der Waals surface area contributed by atoms with E-state index >= 15 is 0 Å². The third-order valence-corrected chi connectivity index (χ3v) is 17.9. The van der Waals surface area contributed by atoms with Crippen LogP contribution in [0.3, 0.4) is 0 Å². The van der Waals surface area contributed by atoms with Gasteiger partial charge in [0.05, 0.1) is 0 Å². The first-order valence-electron chi connectivity index (χ1n) is 13.7. The maximum absolute atomic E-state index is 13.3. The van der Waals surface area contributed by atoms with Gasteiger partial charge in [0.1, 0.15) is 0 Å². The minimum absolute atomic E-state index is 0.0646. The molecular formula is C33H48O3Te2. The standard InChI is InChI=1S/C33H48O3Te2/c1-30(2,3)23-15-19(16-24(37-23)31(4,5)6)13-21-27(34)22(29(36)28(21)35)14-20-17-25(32(7,8)9)38-26(18-20)33(10,11)12/h13-18,21-22,27-28,34-35H,1-12H3. The Morgan fingerprint density at radius 1 is 0.605 bits per heavy atom. The predicted molar refractivity (Wildman–Crippen MR) is 162 cm³/mol. The Hall–Kier alpha value is -0.391. The van der Waals surface area contributed by atoms with Crippen LogP contribution in [0.15, 0.2) is 62.1 Å². The number of rotatable bonds is 2. The van der Waals surface area contributed by atoms with Crippen LogP contribution in [0.1, 0.15) is 83.1 Å². The summed E-state index contributed by atoms with van der Waals surface area (Å²) >= 11 is -0.941. The van der Waals surface area contributed by atoms with Gasteiger partial charge in [-0.05, 0) is 0 Å². The Morgan fingerprint density at radius 2 is 0.921 bits per heavy atom. The van der Waals surface area contributed by atoms with Crippen molar-refractivity contribution < 1.29 is 15.0 Å². The summed E-state index contributed by atoms with van der Waals surface area (Å²) in [4.78, 5) is 13.3. The molecule has 4 atom stereocenters. The van der Waals surface area contributed by atoms with Crippen molar-refractivity contribution in [3.8, 4) is 0 Å². The third kappa shape index (κ3) is 7.46. The van der Waals surface area contributed by atoms with E-state index in [1.54, 1.807) is 0 Å². The maximum atomic E-state index is 13.3. The molecular weight excluding hydrogens is 700 g/mol. The summed E-state index contributed by atoms with van der Waals surface area (Å²) in [6.45, 7) is 27.0. The van der Waals surface area contributed by atoms with Crippen molar-refractivity contribution in [3.63, 3.8) is 0 Å². The summed E-state index contributed by atoms with van der Waals surface area (Å²) in [5.41, 5.74) is 2.26. The fourth-order valence-electron chi connectivity index (χ4n) is 4.50. The Bertz CT molecular complexity index is 1080. The van der Waals surface area contributed by atoms with Crippen molar-refractivity contribution >= 4 is 47.6 Å². The molecule has 2 N–H and O–H groups in total. The SMILES string of the molecule is CC(C)(C)C1=CC(=CC2C(=O)C(O)C(C=C3C=C(C(C)(C)C)[Te]C(C(C)(C)C)=C3)C2O)C=C(C(C)(C)C)[Te]1. The number of hydrogen-bond acceptors (Lipinski definition) is 3. The van der Waals surface area contributed by atoms with Crippen LogP contribution in [-0.4, -0.2) is 70.1 Å². The van der Waals surface area contributed by atoms with E-state index in [0.29, 0.717) is 0 Å². The molecule has 38 heavy (non-hydrogen) atoms. The fraction of sp³-hybridized carbons (Fsp3) is 0.606. The van der Waals surface area contributed by atoms with Crippen LogP contribution < -0.4 is 0 Å². The van der Waals surface area contributed by atoms with Gasteiger partial charge in [-0.15, -0.1) is 0 Å². The number of carbonyl (C=O) groups is 1. The van der Waals surface area contributed by atoms with Crippen molar-refractivity contribution in [1.82, 2.24) is 0 Å². The molecule has 4 unspecified atom stereocenters. The predicted octanol–water partition coefficient (Wildman–Crippen LogP) is 6.53. The van der Waals surface area contributed by atoms with E-state index in [1.807, 2.05) is 12.2 Å². The van der Waals surface area contributed by atoms with Gasteiger partial charge in [-0.1, -0.05) is 0 Å². The van der Waals surface area contributed by atoms with E-state index in [9.17, 15) is 15.0 Å². The van der Waals surface area contributed by atoms with E-state index in [2.05, 4.69) is 107 Å². The summed E-state index contributed by atoms with van der Waals surface area (Å²) in [7, 11) is 0. The van der Waals surface area contributed by atoms with E-state index in [1.165, 1.54) is 14.5 Å². The third-order valence-electron chi connectivity index (χ3n) is 7.09. The second-order valence-corrected chi connectivity index (χ2v) is 21.2. The molecule has 3 rings (SSSR count). The number of Topliss-reactive ketones (excluding diaryl/α,β-unsaturated/α-hetero) is 1. The molecule has 2 aliphatic heterocycles. The van der Waals surface area contributed by atoms with Crippen LogP contribution in [-0.2, 0) is 4.79 Å². The van der Waals surface area contributed by atoms with E-state index in [4.69, 9.17) is 0 Å². The van der Waals surface area contributed by atoms with Gasteiger partial charge in [0, 0.05) is 0 Å². The van der Waals surface area contributed by atoms with Crippen molar-refractivity contribution in [3.05, 3.63) is 62.1 Å². The van der Waals surface area contributed by atoms with Crippen LogP contribution in [0.5, 0.6) is 0 Å². The number of aliphatic hydroxyl groups excluding tert-OH is 2. The summed E-state index contributed by atoms with van der Waals surface area (Å²) in [6.07, 6.45) is 10.7. The van der Waals surface area contributed by atoms with Gasteiger partial charge in [0.2, 0.25) is 0 Å². The van der Waals surface area contributed by atoms with Crippen LogP contribution in [0.2, 0.25) is 0 Å². The Morgan fingerprint density at radius 3 is 1.24 bits per heavy atom. The molecule has 1 saturated carbocycles. The molecule has 0 aromatic rings. The van der Waals surface area contributed by atoms with Crippen LogP contribution in [0.4, 0.5) is 0 Å².